The van der Waals surface area contributed by atoms with Crippen LogP contribution in [0.1, 0.15) is 11.1 Å². The number of fused-ring (bicyclic) bond motifs is 3. The van der Waals surface area contributed by atoms with E-state index >= 15 is 0 Å². The Kier molecular flexibility index (Phi) is 2.55. The number of likely N-dealkylation sites (N-methyl/N-ethyl adjacent to an activating group) is 2. The number of amides is 1. The number of hydrogen-bond donors (Lipinski definition) is 0. The molecule has 4 nitrogen and oxygen atoms in total. The number of carbonyl (C=O) groups excluding carboxylic acids is 1. The van der Waals surface area contributed by atoms with E-state index in [2.05, 4.69) is 17.0 Å². The second-order valence-corrected chi connectivity index (χ2v) is 5.97. The van der Waals surface area contributed by atoms with Crippen molar-refractivity contribution in [2.75, 3.05) is 31.0 Å². The molecular formula is C18H18N2O2. The zero-order valence-electron chi connectivity index (χ0n) is 13.0. The van der Waals surface area contributed by atoms with Gasteiger partial charge in [-0.25, -0.2) is 0 Å². The zero-order valence-corrected chi connectivity index (χ0v) is 13.0. The first-order chi connectivity index (χ1) is 10.6. The Morgan fingerprint density at radius 1 is 1.09 bits per heavy atom. The molecule has 4 rings (SSSR count). The van der Waals surface area contributed by atoms with Crippen LogP contribution in [0.2, 0.25) is 0 Å². The van der Waals surface area contributed by atoms with Gasteiger partial charge in [0.1, 0.15) is 5.75 Å². The van der Waals surface area contributed by atoms with Crippen molar-refractivity contribution in [2.45, 2.75) is 12.0 Å². The molecule has 1 atom stereocenters. The van der Waals surface area contributed by atoms with Crippen LogP contribution >= 0.6 is 0 Å². The standard InChI is InChI=1S/C18H18N2O2/c1-19-16-9-8-13(22-3)10-14(16)18(17(19)21)11-12-6-4-5-7-15(12)20(18)2/h4-10H,11H2,1-3H3. The minimum absolute atomic E-state index is 0.120. The van der Waals surface area contributed by atoms with E-state index in [4.69, 9.17) is 4.74 Å². The van der Waals surface area contributed by atoms with Crippen LogP contribution < -0.4 is 14.5 Å². The molecule has 1 unspecified atom stereocenters. The van der Waals surface area contributed by atoms with E-state index in [9.17, 15) is 4.79 Å². The Morgan fingerprint density at radius 2 is 1.86 bits per heavy atom. The molecule has 1 amide bonds. The van der Waals surface area contributed by atoms with Gasteiger partial charge in [0.05, 0.1) is 7.11 Å². The van der Waals surface area contributed by atoms with Gasteiger partial charge in [0.2, 0.25) is 0 Å². The third-order valence-corrected chi connectivity index (χ3v) is 5.04. The zero-order chi connectivity index (χ0) is 15.5. The largest absolute Gasteiger partial charge is 0.497 e. The molecule has 22 heavy (non-hydrogen) atoms. The SMILES string of the molecule is COc1ccc2c(c1)C1(Cc3ccccc3N1C)C(=O)N2C. The van der Waals surface area contributed by atoms with Crippen LogP contribution in [0.4, 0.5) is 11.4 Å². The molecule has 0 aliphatic carbocycles. The van der Waals surface area contributed by atoms with Crippen LogP contribution in [0.15, 0.2) is 42.5 Å². The van der Waals surface area contributed by atoms with Crippen molar-refractivity contribution >= 4 is 17.3 Å². The van der Waals surface area contributed by atoms with Crippen molar-refractivity contribution in [3.63, 3.8) is 0 Å². The van der Waals surface area contributed by atoms with Gasteiger partial charge >= 0.3 is 0 Å². The molecule has 0 fully saturated rings. The van der Waals surface area contributed by atoms with Gasteiger partial charge < -0.3 is 14.5 Å². The highest BCUT2D eigenvalue weighted by Crippen LogP contribution is 2.52. The van der Waals surface area contributed by atoms with Gasteiger partial charge in [0.25, 0.3) is 5.91 Å². The monoisotopic (exact) mass is 294 g/mol. The topological polar surface area (TPSA) is 32.8 Å². The van der Waals surface area contributed by atoms with Crippen molar-refractivity contribution in [3.05, 3.63) is 53.6 Å². The lowest BCUT2D eigenvalue weighted by molar-refractivity contribution is -0.122. The number of carbonyl (C=O) groups is 1. The summed E-state index contributed by atoms with van der Waals surface area (Å²) in [6, 6.07) is 14.1. The van der Waals surface area contributed by atoms with E-state index in [0.29, 0.717) is 6.42 Å². The summed E-state index contributed by atoms with van der Waals surface area (Å²) in [5.74, 6) is 0.903. The maximum absolute atomic E-state index is 13.1. The highest BCUT2D eigenvalue weighted by atomic mass is 16.5. The Labute approximate surface area is 129 Å². The third kappa shape index (κ3) is 1.39. The summed E-state index contributed by atoms with van der Waals surface area (Å²) in [7, 11) is 5.51. The maximum atomic E-state index is 13.1. The van der Waals surface area contributed by atoms with E-state index in [1.807, 2.05) is 44.4 Å². The van der Waals surface area contributed by atoms with Gasteiger partial charge in [0, 0.05) is 37.5 Å². The summed E-state index contributed by atoms with van der Waals surface area (Å²) in [6.07, 6.45) is 0.697. The summed E-state index contributed by atoms with van der Waals surface area (Å²) in [5, 5.41) is 0. The lowest BCUT2D eigenvalue weighted by Crippen LogP contribution is -2.49. The molecule has 2 heterocycles. The Balaban J connectivity index is 1.96. The van der Waals surface area contributed by atoms with Crippen molar-refractivity contribution < 1.29 is 9.53 Å². The minimum atomic E-state index is -0.650. The molecule has 1 spiro atoms. The van der Waals surface area contributed by atoms with Gasteiger partial charge in [-0.15, -0.1) is 0 Å². The smallest absolute Gasteiger partial charge is 0.257 e. The molecule has 112 valence electrons. The van der Waals surface area contributed by atoms with Gasteiger partial charge in [-0.1, -0.05) is 18.2 Å². The first kappa shape index (κ1) is 13.2. The number of nitrogens with zero attached hydrogens (tertiary/aromatic N) is 2. The molecule has 0 saturated heterocycles. The normalized spacial score (nSPS) is 22.2. The Morgan fingerprint density at radius 3 is 2.59 bits per heavy atom. The Hall–Kier alpha value is -2.49. The van der Waals surface area contributed by atoms with Crippen LogP contribution in [0.5, 0.6) is 5.75 Å². The van der Waals surface area contributed by atoms with Crippen LogP contribution in [-0.2, 0) is 16.8 Å². The number of methoxy groups -OCH3 is 1. The lowest BCUT2D eigenvalue weighted by atomic mass is 9.87. The fraction of sp³-hybridized carbons (Fsp3) is 0.278. The highest BCUT2D eigenvalue weighted by Gasteiger charge is 2.56. The molecule has 4 heteroatoms. The van der Waals surface area contributed by atoms with Crippen molar-refractivity contribution in [2.24, 2.45) is 0 Å². The van der Waals surface area contributed by atoms with Crippen molar-refractivity contribution in [1.82, 2.24) is 0 Å². The second-order valence-electron chi connectivity index (χ2n) is 5.97. The average molecular weight is 294 g/mol. The first-order valence-electron chi connectivity index (χ1n) is 7.38. The van der Waals surface area contributed by atoms with Crippen LogP contribution in [0, 0.1) is 0 Å². The van der Waals surface area contributed by atoms with Crippen LogP contribution in [-0.4, -0.2) is 27.1 Å². The van der Waals surface area contributed by atoms with E-state index < -0.39 is 5.54 Å². The molecule has 2 aliphatic rings. The molecule has 0 aromatic heterocycles. The molecule has 0 bridgehead atoms. The van der Waals surface area contributed by atoms with E-state index in [0.717, 1.165) is 22.7 Å². The second kappa shape index (κ2) is 4.26. The van der Waals surface area contributed by atoms with Gasteiger partial charge in [-0.05, 0) is 29.8 Å². The molecule has 0 radical (unpaired) electrons. The Bertz CT molecular complexity index is 786. The number of hydrogen-bond acceptors (Lipinski definition) is 3. The van der Waals surface area contributed by atoms with Crippen molar-refractivity contribution in [3.8, 4) is 5.75 Å². The van der Waals surface area contributed by atoms with Crippen molar-refractivity contribution in [1.29, 1.82) is 0 Å². The molecule has 0 N–H and O–H groups in total. The van der Waals surface area contributed by atoms with Crippen LogP contribution in [0.25, 0.3) is 0 Å². The predicted molar refractivity (Wildman–Crippen MR) is 86.6 cm³/mol. The number of para-hydroxylation sites is 1. The summed E-state index contributed by atoms with van der Waals surface area (Å²) in [6.45, 7) is 0. The quantitative estimate of drug-likeness (QED) is 0.810. The summed E-state index contributed by atoms with van der Waals surface area (Å²) < 4.78 is 5.38. The first-order valence-corrected chi connectivity index (χ1v) is 7.38. The summed E-state index contributed by atoms with van der Waals surface area (Å²) >= 11 is 0. The number of rotatable bonds is 1. The summed E-state index contributed by atoms with van der Waals surface area (Å²) in [5.41, 5.74) is 3.67. The minimum Gasteiger partial charge on any atom is -0.497 e. The third-order valence-electron chi connectivity index (χ3n) is 5.04. The molecule has 0 saturated carbocycles. The van der Waals surface area contributed by atoms with Gasteiger partial charge in [-0.2, -0.15) is 0 Å². The van der Waals surface area contributed by atoms with E-state index in [1.165, 1.54) is 5.56 Å². The summed E-state index contributed by atoms with van der Waals surface area (Å²) in [4.78, 5) is 17.0. The van der Waals surface area contributed by atoms with Gasteiger partial charge in [-0.3, -0.25) is 4.79 Å². The maximum Gasteiger partial charge on any atom is 0.257 e. The highest BCUT2D eigenvalue weighted by molar-refractivity contribution is 6.10. The average Bonchev–Trinajstić information content (AvgIpc) is 2.97. The fourth-order valence-electron chi connectivity index (χ4n) is 3.85. The fourth-order valence-corrected chi connectivity index (χ4v) is 3.85. The molecule has 2 aliphatic heterocycles. The number of ether oxygens (including phenoxy) is 1. The predicted octanol–water partition coefficient (Wildman–Crippen LogP) is 2.56. The number of anilines is 2. The van der Waals surface area contributed by atoms with E-state index in [-0.39, 0.29) is 5.91 Å². The number of benzene rings is 2. The van der Waals surface area contributed by atoms with Gasteiger partial charge in [0.15, 0.2) is 5.54 Å². The molecule has 2 aromatic carbocycles. The lowest BCUT2D eigenvalue weighted by Gasteiger charge is -2.33. The molecule has 2 aromatic rings. The molecular weight excluding hydrogens is 276 g/mol. The van der Waals surface area contributed by atoms with E-state index in [1.54, 1.807) is 12.0 Å². The van der Waals surface area contributed by atoms with Crippen LogP contribution in [0.3, 0.4) is 0 Å².